The van der Waals surface area contributed by atoms with Crippen molar-refractivity contribution >= 4 is 12.0 Å². The highest BCUT2D eigenvalue weighted by molar-refractivity contribution is 5.75. The van der Waals surface area contributed by atoms with Gasteiger partial charge in [-0.3, -0.25) is 4.79 Å². The average Bonchev–Trinajstić information content (AvgIpc) is 2.70. The van der Waals surface area contributed by atoms with Gasteiger partial charge in [0.15, 0.2) is 0 Å². The Morgan fingerprint density at radius 3 is 1.78 bits per heavy atom. The van der Waals surface area contributed by atoms with Gasteiger partial charge in [-0.25, -0.2) is 0 Å². The molecule has 0 spiro atoms. The van der Waals surface area contributed by atoms with Crippen LogP contribution in [0.25, 0.3) is 6.08 Å². The van der Waals surface area contributed by atoms with Crippen molar-refractivity contribution in [3.8, 4) is 0 Å². The SMILES string of the molecule is C=Cc1ccc(CNC(=O)CCCCCCCCCCCCCCC)cc1. The van der Waals surface area contributed by atoms with Crippen LogP contribution in [0.2, 0.25) is 0 Å². The van der Waals surface area contributed by atoms with Crippen molar-refractivity contribution in [3.05, 3.63) is 42.0 Å². The molecule has 0 heterocycles. The first-order chi connectivity index (χ1) is 13.3. The summed E-state index contributed by atoms with van der Waals surface area (Å²) in [6.07, 6.45) is 19.9. The molecule has 1 aromatic rings. The van der Waals surface area contributed by atoms with Crippen molar-refractivity contribution in [2.24, 2.45) is 0 Å². The molecule has 0 radical (unpaired) electrons. The Bertz CT molecular complexity index is 492. The Labute approximate surface area is 167 Å². The molecule has 1 amide bonds. The van der Waals surface area contributed by atoms with Gasteiger partial charge >= 0.3 is 0 Å². The quantitative estimate of drug-likeness (QED) is 0.283. The largest absolute Gasteiger partial charge is 0.352 e. The molecule has 0 aliphatic rings. The average molecular weight is 372 g/mol. The Morgan fingerprint density at radius 1 is 0.815 bits per heavy atom. The monoisotopic (exact) mass is 371 g/mol. The second-order valence-electron chi connectivity index (χ2n) is 7.72. The fourth-order valence-corrected chi connectivity index (χ4v) is 3.36. The first kappa shape index (κ1) is 23.5. The van der Waals surface area contributed by atoms with Crippen molar-refractivity contribution in [1.82, 2.24) is 5.32 Å². The molecule has 0 unspecified atom stereocenters. The predicted molar refractivity (Wildman–Crippen MR) is 119 cm³/mol. The van der Waals surface area contributed by atoms with Crippen LogP contribution in [-0.2, 0) is 11.3 Å². The van der Waals surface area contributed by atoms with E-state index in [1.165, 1.54) is 77.0 Å². The molecule has 0 bridgehead atoms. The van der Waals surface area contributed by atoms with Crippen molar-refractivity contribution in [3.63, 3.8) is 0 Å². The minimum Gasteiger partial charge on any atom is -0.352 e. The molecule has 27 heavy (non-hydrogen) atoms. The van der Waals surface area contributed by atoms with Gasteiger partial charge in [0, 0.05) is 13.0 Å². The molecule has 0 saturated carbocycles. The fourth-order valence-electron chi connectivity index (χ4n) is 3.36. The highest BCUT2D eigenvalue weighted by Gasteiger charge is 2.01. The number of carbonyl (C=O) groups is 1. The maximum Gasteiger partial charge on any atom is 0.220 e. The van der Waals surface area contributed by atoms with Crippen molar-refractivity contribution in [1.29, 1.82) is 0 Å². The van der Waals surface area contributed by atoms with Gasteiger partial charge in [0.1, 0.15) is 0 Å². The molecule has 0 atom stereocenters. The predicted octanol–water partition coefficient (Wildman–Crippen LogP) is 7.43. The van der Waals surface area contributed by atoms with Crippen molar-refractivity contribution in [2.45, 2.75) is 103 Å². The summed E-state index contributed by atoms with van der Waals surface area (Å²) in [7, 11) is 0. The van der Waals surface area contributed by atoms with Crippen LogP contribution in [0.15, 0.2) is 30.8 Å². The first-order valence-electron chi connectivity index (χ1n) is 11.2. The summed E-state index contributed by atoms with van der Waals surface area (Å²) in [6, 6.07) is 8.15. The molecule has 1 N–H and O–H groups in total. The van der Waals surface area contributed by atoms with E-state index in [4.69, 9.17) is 0 Å². The summed E-state index contributed by atoms with van der Waals surface area (Å²) < 4.78 is 0. The Morgan fingerprint density at radius 2 is 1.30 bits per heavy atom. The lowest BCUT2D eigenvalue weighted by Crippen LogP contribution is -2.22. The summed E-state index contributed by atoms with van der Waals surface area (Å²) in [5, 5.41) is 3.02. The lowest BCUT2D eigenvalue weighted by atomic mass is 10.0. The van der Waals surface area contributed by atoms with Crippen LogP contribution in [0.3, 0.4) is 0 Å². The van der Waals surface area contributed by atoms with E-state index in [1.807, 2.05) is 30.3 Å². The number of amides is 1. The Kier molecular flexibility index (Phi) is 14.4. The van der Waals surface area contributed by atoms with E-state index in [0.29, 0.717) is 13.0 Å². The minimum atomic E-state index is 0.172. The molecule has 0 saturated heterocycles. The molecule has 2 nitrogen and oxygen atoms in total. The van der Waals surface area contributed by atoms with Gasteiger partial charge in [-0.05, 0) is 17.5 Å². The molecule has 152 valence electrons. The maximum atomic E-state index is 11.9. The molecule has 1 aromatic carbocycles. The molecule has 0 aromatic heterocycles. The lowest BCUT2D eigenvalue weighted by molar-refractivity contribution is -0.121. The van der Waals surface area contributed by atoms with E-state index in [-0.39, 0.29) is 5.91 Å². The third kappa shape index (κ3) is 13.3. The summed E-state index contributed by atoms with van der Waals surface area (Å²) >= 11 is 0. The van der Waals surface area contributed by atoms with Crippen LogP contribution in [0.5, 0.6) is 0 Å². The highest BCUT2D eigenvalue weighted by atomic mass is 16.1. The van der Waals surface area contributed by atoms with E-state index >= 15 is 0 Å². The molecule has 0 fully saturated rings. The zero-order valence-corrected chi connectivity index (χ0v) is 17.6. The second kappa shape index (κ2) is 16.6. The molecule has 0 aliphatic heterocycles. The molecule has 2 heteroatoms. The number of benzene rings is 1. The van der Waals surface area contributed by atoms with Gasteiger partial charge in [-0.2, -0.15) is 0 Å². The number of rotatable bonds is 17. The van der Waals surface area contributed by atoms with Gasteiger partial charge in [-0.15, -0.1) is 0 Å². The normalized spacial score (nSPS) is 10.7. The van der Waals surface area contributed by atoms with Crippen molar-refractivity contribution < 1.29 is 4.79 Å². The van der Waals surface area contributed by atoms with Crippen LogP contribution in [0, 0.1) is 0 Å². The first-order valence-corrected chi connectivity index (χ1v) is 11.2. The van der Waals surface area contributed by atoms with Crippen LogP contribution >= 0.6 is 0 Å². The molecule has 1 rings (SSSR count). The zero-order valence-electron chi connectivity index (χ0n) is 17.6. The van der Waals surface area contributed by atoms with E-state index in [1.54, 1.807) is 0 Å². The third-order valence-corrected chi connectivity index (χ3v) is 5.21. The van der Waals surface area contributed by atoms with Crippen LogP contribution in [0.1, 0.15) is 108 Å². The summed E-state index contributed by atoms with van der Waals surface area (Å²) in [4.78, 5) is 11.9. The molecular weight excluding hydrogens is 330 g/mol. The number of unbranched alkanes of at least 4 members (excludes halogenated alkanes) is 12. The fraction of sp³-hybridized carbons (Fsp3) is 0.640. The van der Waals surface area contributed by atoms with E-state index in [2.05, 4.69) is 18.8 Å². The maximum absolute atomic E-state index is 11.9. The molecule has 0 aliphatic carbocycles. The van der Waals surface area contributed by atoms with Gasteiger partial charge in [-0.1, -0.05) is 121 Å². The van der Waals surface area contributed by atoms with Crippen molar-refractivity contribution in [2.75, 3.05) is 0 Å². The Balaban J connectivity index is 1.87. The number of carbonyl (C=O) groups excluding carboxylic acids is 1. The minimum absolute atomic E-state index is 0.172. The topological polar surface area (TPSA) is 29.1 Å². The van der Waals surface area contributed by atoms with Gasteiger partial charge in [0.05, 0.1) is 0 Å². The van der Waals surface area contributed by atoms with Gasteiger partial charge < -0.3 is 5.32 Å². The van der Waals surface area contributed by atoms with E-state index < -0.39 is 0 Å². The zero-order chi connectivity index (χ0) is 19.6. The summed E-state index contributed by atoms with van der Waals surface area (Å²) in [6.45, 7) is 6.64. The third-order valence-electron chi connectivity index (χ3n) is 5.21. The van der Waals surface area contributed by atoms with Gasteiger partial charge in [0.2, 0.25) is 5.91 Å². The second-order valence-corrected chi connectivity index (χ2v) is 7.72. The summed E-state index contributed by atoms with van der Waals surface area (Å²) in [5.74, 6) is 0.172. The van der Waals surface area contributed by atoms with Crippen LogP contribution in [-0.4, -0.2) is 5.91 Å². The van der Waals surface area contributed by atoms with E-state index in [9.17, 15) is 4.79 Å². The number of nitrogens with one attached hydrogen (secondary N) is 1. The van der Waals surface area contributed by atoms with Gasteiger partial charge in [0.25, 0.3) is 0 Å². The smallest absolute Gasteiger partial charge is 0.220 e. The highest BCUT2D eigenvalue weighted by Crippen LogP contribution is 2.13. The van der Waals surface area contributed by atoms with Crippen LogP contribution in [0.4, 0.5) is 0 Å². The number of hydrogen-bond donors (Lipinski definition) is 1. The van der Waals surface area contributed by atoms with Crippen LogP contribution < -0.4 is 5.32 Å². The lowest BCUT2D eigenvalue weighted by Gasteiger charge is -2.06. The van der Waals surface area contributed by atoms with E-state index in [0.717, 1.165) is 17.5 Å². The molecular formula is C25H41NO. The standard InChI is InChI=1S/C25H41NO/c1-3-5-6-7-8-9-10-11-12-13-14-15-16-17-25(27)26-22-24-20-18-23(4-2)19-21-24/h4,18-21H,2-3,5-17,22H2,1H3,(H,26,27). The Hall–Kier alpha value is -1.57. The number of hydrogen-bond acceptors (Lipinski definition) is 1. The summed E-state index contributed by atoms with van der Waals surface area (Å²) in [5.41, 5.74) is 2.25.